The number of rotatable bonds is 10. The lowest BCUT2D eigenvalue weighted by Gasteiger charge is -2.13. The number of carbonyl (C=O) groups is 1. The Kier molecular flexibility index (Phi) is 12.0. The van der Waals surface area contributed by atoms with Crippen LogP contribution in [0.2, 0.25) is 0 Å². The molecule has 0 saturated carbocycles. The molecule has 0 spiro atoms. The summed E-state index contributed by atoms with van der Waals surface area (Å²) >= 11 is 0. The van der Waals surface area contributed by atoms with E-state index in [0.717, 1.165) is 44.9 Å². The molecule has 20 heavy (non-hydrogen) atoms. The van der Waals surface area contributed by atoms with Crippen molar-refractivity contribution in [3.63, 3.8) is 0 Å². The van der Waals surface area contributed by atoms with Gasteiger partial charge in [-0.25, -0.2) is 0 Å². The van der Waals surface area contributed by atoms with Crippen LogP contribution in [0.4, 0.5) is 0 Å². The van der Waals surface area contributed by atoms with E-state index in [2.05, 4.69) is 34.8 Å². The van der Waals surface area contributed by atoms with Gasteiger partial charge >= 0.3 is 0 Å². The minimum atomic E-state index is 0.0928. The second-order valence-electron chi connectivity index (χ2n) is 4.93. The Labute approximate surface area is 124 Å². The number of aliphatic imine (C=N–C) groups is 1. The summed E-state index contributed by atoms with van der Waals surface area (Å²) in [6, 6.07) is 0. The second-order valence-corrected chi connectivity index (χ2v) is 4.93. The smallest absolute Gasteiger partial charge is 0.221 e. The molecule has 5 heteroatoms. The van der Waals surface area contributed by atoms with Crippen molar-refractivity contribution in [1.29, 1.82) is 0 Å². The first-order valence-electron chi connectivity index (χ1n) is 7.96. The van der Waals surface area contributed by atoms with Crippen LogP contribution in [-0.4, -0.2) is 38.0 Å². The van der Waals surface area contributed by atoms with Crippen LogP contribution in [-0.2, 0) is 4.79 Å². The number of guanidine groups is 1. The van der Waals surface area contributed by atoms with E-state index in [4.69, 9.17) is 0 Å². The van der Waals surface area contributed by atoms with E-state index in [9.17, 15) is 4.79 Å². The predicted octanol–water partition coefficient (Wildman–Crippen LogP) is 1.89. The van der Waals surface area contributed by atoms with Gasteiger partial charge in [0.2, 0.25) is 5.91 Å². The standard InChI is InChI=1S/C15H32N4O/c1-5-10-17-14(20)9-11-18-15(16-8-4)19-12-13(6-2)7-3/h13H,5-12H2,1-4H3,(H,17,20)(H2,16,18,19). The molecule has 0 aromatic carbocycles. The van der Waals surface area contributed by atoms with Crippen LogP contribution in [0.25, 0.3) is 0 Å². The van der Waals surface area contributed by atoms with Crippen molar-refractivity contribution >= 4 is 11.9 Å². The third kappa shape index (κ3) is 9.64. The first-order chi connectivity index (χ1) is 9.67. The van der Waals surface area contributed by atoms with Crippen molar-refractivity contribution in [2.24, 2.45) is 10.9 Å². The first kappa shape index (κ1) is 18.7. The van der Waals surface area contributed by atoms with Crippen molar-refractivity contribution in [2.45, 2.75) is 53.4 Å². The van der Waals surface area contributed by atoms with Crippen LogP contribution in [0.5, 0.6) is 0 Å². The fourth-order valence-electron chi connectivity index (χ4n) is 1.76. The lowest BCUT2D eigenvalue weighted by atomic mass is 10.0. The number of nitrogens with zero attached hydrogens (tertiary/aromatic N) is 1. The van der Waals surface area contributed by atoms with Crippen molar-refractivity contribution in [3.05, 3.63) is 0 Å². The van der Waals surface area contributed by atoms with Gasteiger partial charge in [-0.3, -0.25) is 9.79 Å². The lowest BCUT2D eigenvalue weighted by molar-refractivity contribution is -0.120. The highest BCUT2D eigenvalue weighted by Crippen LogP contribution is 2.06. The Morgan fingerprint density at radius 1 is 1.00 bits per heavy atom. The van der Waals surface area contributed by atoms with Crippen molar-refractivity contribution in [3.8, 4) is 0 Å². The molecule has 0 unspecified atom stereocenters. The molecular formula is C15H32N4O. The van der Waals surface area contributed by atoms with E-state index in [1.165, 1.54) is 0 Å². The molecule has 0 radical (unpaired) electrons. The fraction of sp³-hybridized carbons (Fsp3) is 0.867. The van der Waals surface area contributed by atoms with Crippen molar-refractivity contribution in [1.82, 2.24) is 16.0 Å². The van der Waals surface area contributed by atoms with Crippen LogP contribution in [0.1, 0.15) is 53.4 Å². The topological polar surface area (TPSA) is 65.5 Å². The summed E-state index contributed by atoms with van der Waals surface area (Å²) in [6.45, 7) is 11.5. The largest absolute Gasteiger partial charge is 0.357 e. The summed E-state index contributed by atoms with van der Waals surface area (Å²) in [4.78, 5) is 16.1. The maximum atomic E-state index is 11.5. The second kappa shape index (κ2) is 12.8. The summed E-state index contributed by atoms with van der Waals surface area (Å²) in [5.74, 6) is 1.54. The molecule has 0 bridgehead atoms. The van der Waals surface area contributed by atoms with Gasteiger partial charge in [-0.15, -0.1) is 0 Å². The quantitative estimate of drug-likeness (QED) is 0.424. The average molecular weight is 284 g/mol. The Hall–Kier alpha value is -1.26. The minimum absolute atomic E-state index is 0.0928. The zero-order valence-corrected chi connectivity index (χ0v) is 13.6. The Morgan fingerprint density at radius 3 is 2.25 bits per heavy atom. The number of amides is 1. The third-order valence-corrected chi connectivity index (χ3v) is 3.22. The molecule has 3 N–H and O–H groups in total. The molecule has 1 amide bonds. The Morgan fingerprint density at radius 2 is 1.70 bits per heavy atom. The highest BCUT2D eigenvalue weighted by atomic mass is 16.1. The zero-order valence-electron chi connectivity index (χ0n) is 13.6. The zero-order chi connectivity index (χ0) is 15.2. The van der Waals surface area contributed by atoms with Gasteiger partial charge in [0.1, 0.15) is 0 Å². The van der Waals surface area contributed by atoms with Crippen LogP contribution in [0.3, 0.4) is 0 Å². The summed E-state index contributed by atoms with van der Waals surface area (Å²) in [5, 5.41) is 9.29. The van der Waals surface area contributed by atoms with E-state index in [-0.39, 0.29) is 5.91 Å². The van der Waals surface area contributed by atoms with Gasteiger partial charge in [0, 0.05) is 32.6 Å². The fourth-order valence-corrected chi connectivity index (χ4v) is 1.76. The van der Waals surface area contributed by atoms with Crippen LogP contribution < -0.4 is 16.0 Å². The van der Waals surface area contributed by atoms with E-state index in [1.54, 1.807) is 0 Å². The van der Waals surface area contributed by atoms with Gasteiger partial charge < -0.3 is 16.0 Å². The van der Waals surface area contributed by atoms with Crippen LogP contribution in [0.15, 0.2) is 4.99 Å². The molecule has 0 heterocycles. The number of hydrogen-bond donors (Lipinski definition) is 3. The molecule has 5 nitrogen and oxygen atoms in total. The number of nitrogens with one attached hydrogen (secondary N) is 3. The molecular weight excluding hydrogens is 252 g/mol. The Balaban J connectivity index is 4.06. The maximum absolute atomic E-state index is 11.5. The van der Waals surface area contributed by atoms with Gasteiger partial charge in [-0.1, -0.05) is 33.6 Å². The van der Waals surface area contributed by atoms with Crippen molar-refractivity contribution in [2.75, 3.05) is 26.2 Å². The molecule has 0 aliphatic carbocycles. The highest BCUT2D eigenvalue weighted by Gasteiger charge is 2.04. The van der Waals surface area contributed by atoms with Crippen LogP contribution in [0, 0.1) is 5.92 Å². The average Bonchev–Trinajstić information content (AvgIpc) is 2.46. The summed E-state index contributed by atoms with van der Waals surface area (Å²) in [7, 11) is 0. The predicted molar refractivity (Wildman–Crippen MR) is 86.0 cm³/mol. The van der Waals surface area contributed by atoms with Crippen LogP contribution >= 0.6 is 0 Å². The maximum Gasteiger partial charge on any atom is 0.221 e. The molecule has 0 aliphatic heterocycles. The molecule has 0 aromatic rings. The number of hydrogen-bond acceptors (Lipinski definition) is 2. The van der Waals surface area contributed by atoms with E-state index < -0.39 is 0 Å². The van der Waals surface area contributed by atoms with Gasteiger partial charge in [-0.05, 0) is 19.3 Å². The SMILES string of the molecule is CCCNC(=O)CCNC(=NCC(CC)CC)NCC. The van der Waals surface area contributed by atoms with E-state index >= 15 is 0 Å². The highest BCUT2D eigenvalue weighted by molar-refractivity contribution is 5.81. The molecule has 0 atom stereocenters. The monoisotopic (exact) mass is 284 g/mol. The molecule has 118 valence electrons. The first-order valence-corrected chi connectivity index (χ1v) is 7.96. The van der Waals surface area contributed by atoms with Gasteiger partial charge in [0.25, 0.3) is 0 Å². The van der Waals surface area contributed by atoms with Gasteiger partial charge in [0.05, 0.1) is 0 Å². The number of carbonyl (C=O) groups excluding carboxylic acids is 1. The Bertz CT molecular complexity index is 275. The summed E-state index contributed by atoms with van der Waals surface area (Å²) < 4.78 is 0. The van der Waals surface area contributed by atoms with E-state index in [1.807, 2.05) is 13.8 Å². The minimum Gasteiger partial charge on any atom is -0.357 e. The molecule has 0 rings (SSSR count). The van der Waals surface area contributed by atoms with Crippen molar-refractivity contribution < 1.29 is 4.79 Å². The van der Waals surface area contributed by atoms with E-state index in [0.29, 0.717) is 18.9 Å². The molecule has 0 saturated heterocycles. The normalized spacial score (nSPS) is 11.6. The lowest BCUT2D eigenvalue weighted by Crippen LogP contribution is -2.39. The van der Waals surface area contributed by atoms with Gasteiger partial charge in [-0.2, -0.15) is 0 Å². The molecule has 0 aliphatic rings. The third-order valence-electron chi connectivity index (χ3n) is 3.22. The summed E-state index contributed by atoms with van der Waals surface area (Å²) in [5.41, 5.74) is 0. The van der Waals surface area contributed by atoms with Gasteiger partial charge in [0.15, 0.2) is 5.96 Å². The molecule has 0 fully saturated rings. The molecule has 0 aromatic heterocycles. The summed E-state index contributed by atoms with van der Waals surface area (Å²) in [6.07, 6.45) is 3.76.